The third-order valence-electron chi connectivity index (χ3n) is 1.37. The third-order valence-corrected chi connectivity index (χ3v) is 1.88. The topological polar surface area (TPSA) is 40.9 Å². The second-order valence-electron chi connectivity index (χ2n) is 2.39. The second kappa shape index (κ2) is 7.75. The van der Waals surface area contributed by atoms with Crippen molar-refractivity contribution in [2.45, 2.75) is 19.8 Å². The van der Waals surface area contributed by atoms with Gasteiger partial charge in [0.1, 0.15) is 0 Å². The van der Waals surface area contributed by atoms with Gasteiger partial charge in [0.15, 0.2) is 5.78 Å². The molecule has 0 heterocycles. The molecule has 0 amide bonds. The second-order valence-corrected chi connectivity index (χ2v) is 2.95. The molecule has 0 unspecified atom stereocenters. The number of hydrogen-bond acceptors (Lipinski definition) is 2. The number of ketones is 1. The minimum atomic E-state index is 0.0519. The highest BCUT2D eigenvalue weighted by atomic mass is 79.9. The molecule has 0 rings (SSSR count). The Labute approximate surface area is 87.1 Å². The van der Waals surface area contributed by atoms with Crippen molar-refractivity contribution in [1.82, 2.24) is 0 Å². The predicted octanol–water partition coefficient (Wildman–Crippen LogP) is 2.76. The van der Waals surface area contributed by atoms with Crippen molar-refractivity contribution >= 4 is 21.7 Å². The molecule has 0 aromatic rings. The molecule has 0 saturated carbocycles. The number of halogens is 1. The summed E-state index contributed by atoms with van der Waals surface area (Å²) < 4.78 is 0. The maximum Gasteiger partial charge on any atom is 0.173 e. The number of nitriles is 1. The lowest BCUT2D eigenvalue weighted by molar-refractivity contribution is -0.112. The van der Waals surface area contributed by atoms with Gasteiger partial charge < -0.3 is 0 Å². The largest absolute Gasteiger partial charge is 0.293 e. The van der Waals surface area contributed by atoms with Crippen molar-refractivity contribution in [3.8, 4) is 6.07 Å². The zero-order valence-electron chi connectivity index (χ0n) is 7.59. The molecule has 0 aromatic heterocycles. The van der Waals surface area contributed by atoms with E-state index >= 15 is 0 Å². The average molecular weight is 242 g/mol. The van der Waals surface area contributed by atoms with Crippen molar-refractivity contribution < 1.29 is 4.79 Å². The lowest BCUT2D eigenvalue weighted by Crippen LogP contribution is -2.01. The molecule has 0 aliphatic heterocycles. The van der Waals surface area contributed by atoms with Gasteiger partial charge in [-0.2, -0.15) is 5.26 Å². The fourth-order valence-corrected chi connectivity index (χ4v) is 1.13. The van der Waals surface area contributed by atoms with Crippen LogP contribution in [-0.4, -0.2) is 11.1 Å². The Balaban J connectivity index is 4.37. The van der Waals surface area contributed by atoms with Crippen molar-refractivity contribution in [3.05, 3.63) is 23.8 Å². The predicted molar refractivity (Wildman–Crippen MR) is 56.5 cm³/mol. The number of Topliss-reactive ketones (excluding diaryl/α,β-unsaturated/α-hetero) is 1. The molecule has 0 aliphatic rings. The molecule has 0 spiro atoms. The Bertz CT molecular complexity index is 261. The lowest BCUT2D eigenvalue weighted by atomic mass is 10.1. The molecule has 2 nitrogen and oxygen atoms in total. The van der Waals surface area contributed by atoms with E-state index < -0.39 is 0 Å². The van der Waals surface area contributed by atoms with Crippen LogP contribution in [0.1, 0.15) is 19.8 Å². The highest BCUT2D eigenvalue weighted by molar-refractivity contribution is 9.09. The first-order valence-corrected chi connectivity index (χ1v) is 5.21. The molecule has 0 atom stereocenters. The molecule has 0 fully saturated rings. The molecule has 0 N–H and O–H groups in total. The van der Waals surface area contributed by atoms with Crippen LogP contribution in [0.4, 0.5) is 0 Å². The molecular weight excluding hydrogens is 230 g/mol. The Morgan fingerprint density at radius 1 is 1.62 bits per heavy atom. The fourth-order valence-electron chi connectivity index (χ4n) is 0.810. The molecular formula is C10H12BrNO. The quantitative estimate of drug-likeness (QED) is 0.422. The third kappa shape index (κ3) is 5.37. The van der Waals surface area contributed by atoms with E-state index in [1.54, 1.807) is 12.2 Å². The van der Waals surface area contributed by atoms with Gasteiger partial charge in [-0.15, -0.1) is 0 Å². The summed E-state index contributed by atoms with van der Waals surface area (Å²) >= 11 is 3.11. The van der Waals surface area contributed by atoms with E-state index in [0.717, 1.165) is 6.42 Å². The van der Waals surface area contributed by atoms with Gasteiger partial charge >= 0.3 is 0 Å². The van der Waals surface area contributed by atoms with E-state index in [4.69, 9.17) is 5.26 Å². The summed E-state index contributed by atoms with van der Waals surface area (Å²) in [6, 6.07) is 1.99. The Morgan fingerprint density at radius 2 is 2.31 bits per heavy atom. The standard InChI is InChI=1S/C10H12BrNO/c1-2-5-9(10(13)8-11)6-3-4-7-12/h3,5-6H,2,4,8H2,1H3/b6-3-,9-5+. The van der Waals surface area contributed by atoms with Gasteiger partial charge in [-0.3, -0.25) is 4.79 Å². The van der Waals surface area contributed by atoms with Crippen LogP contribution in [-0.2, 0) is 4.79 Å². The molecule has 0 saturated heterocycles. The summed E-state index contributed by atoms with van der Waals surface area (Å²) in [5.74, 6) is 0.0519. The van der Waals surface area contributed by atoms with Crippen LogP contribution in [0.25, 0.3) is 0 Å². The SMILES string of the molecule is CC/C=C(\C=C/CC#N)C(=O)CBr. The van der Waals surface area contributed by atoms with Crippen LogP contribution in [0.5, 0.6) is 0 Å². The van der Waals surface area contributed by atoms with Gasteiger partial charge in [0.25, 0.3) is 0 Å². The first kappa shape index (κ1) is 12.1. The van der Waals surface area contributed by atoms with Crippen molar-refractivity contribution in [1.29, 1.82) is 5.26 Å². The number of alkyl halides is 1. The van der Waals surface area contributed by atoms with Crippen LogP contribution < -0.4 is 0 Å². The maximum absolute atomic E-state index is 11.2. The van der Waals surface area contributed by atoms with Crippen molar-refractivity contribution in [3.63, 3.8) is 0 Å². The molecule has 0 radical (unpaired) electrons. The number of carbonyl (C=O) groups is 1. The monoisotopic (exact) mass is 241 g/mol. The molecule has 0 aliphatic carbocycles. The number of rotatable bonds is 5. The molecule has 13 heavy (non-hydrogen) atoms. The summed E-state index contributed by atoms with van der Waals surface area (Å²) in [4.78, 5) is 11.2. The first-order chi connectivity index (χ1) is 6.26. The average Bonchev–Trinajstić information content (AvgIpc) is 2.16. The van der Waals surface area contributed by atoms with Gasteiger partial charge in [-0.25, -0.2) is 0 Å². The minimum absolute atomic E-state index is 0.0519. The number of allylic oxidation sites excluding steroid dienone is 4. The number of carbonyl (C=O) groups excluding carboxylic acids is 1. The van der Waals surface area contributed by atoms with Gasteiger partial charge in [0.2, 0.25) is 0 Å². The van der Waals surface area contributed by atoms with Crippen LogP contribution in [0.3, 0.4) is 0 Å². The van der Waals surface area contributed by atoms with Crippen molar-refractivity contribution in [2.24, 2.45) is 0 Å². The molecule has 70 valence electrons. The smallest absolute Gasteiger partial charge is 0.173 e. The zero-order chi connectivity index (χ0) is 10.1. The maximum atomic E-state index is 11.2. The van der Waals surface area contributed by atoms with Gasteiger partial charge in [0, 0.05) is 5.57 Å². The summed E-state index contributed by atoms with van der Waals surface area (Å²) in [5, 5.41) is 8.62. The van der Waals surface area contributed by atoms with Crippen LogP contribution in [0.15, 0.2) is 23.8 Å². The lowest BCUT2D eigenvalue weighted by Gasteiger charge is -1.95. The first-order valence-electron chi connectivity index (χ1n) is 4.09. The van der Waals surface area contributed by atoms with E-state index in [1.807, 2.05) is 19.1 Å². The normalized spacial score (nSPS) is 11.6. The molecule has 0 aromatic carbocycles. The summed E-state index contributed by atoms with van der Waals surface area (Å²) in [5.41, 5.74) is 0.676. The van der Waals surface area contributed by atoms with E-state index in [0.29, 0.717) is 17.3 Å². The fraction of sp³-hybridized carbons (Fsp3) is 0.400. The number of hydrogen-bond donors (Lipinski definition) is 0. The van der Waals surface area contributed by atoms with Crippen LogP contribution >= 0.6 is 15.9 Å². The summed E-state index contributed by atoms with van der Waals surface area (Å²) in [6.07, 6.45) is 6.43. The minimum Gasteiger partial charge on any atom is -0.293 e. The number of nitrogens with zero attached hydrogens (tertiary/aromatic N) is 1. The van der Waals surface area contributed by atoms with E-state index in [9.17, 15) is 4.79 Å². The Hall–Kier alpha value is -0.880. The Kier molecular flexibility index (Phi) is 7.23. The summed E-state index contributed by atoms with van der Waals surface area (Å²) in [6.45, 7) is 1.97. The van der Waals surface area contributed by atoms with Crippen LogP contribution in [0, 0.1) is 11.3 Å². The van der Waals surface area contributed by atoms with Gasteiger partial charge in [-0.05, 0) is 6.42 Å². The van der Waals surface area contributed by atoms with E-state index in [-0.39, 0.29) is 5.78 Å². The van der Waals surface area contributed by atoms with Gasteiger partial charge in [0.05, 0.1) is 17.8 Å². The Morgan fingerprint density at radius 3 is 2.77 bits per heavy atom. The molecule has 0 bridgehead atoms. The van der Waals surface area contributed by atoms with E-state index in [2.05, 4.69) is 15.9 Å². The van der Waals surface area contributed by atoms with Crippen molar-refractivity contribution in [2.75, 3.05) is 5.33 Å². The highest BCUT2D eigenvalue weighted by Gasteiger charge is 2.02. The van der Waals surface area contributed by atoms with E-state index in [1.165, 1.54) is 0 Å². The zero-order valence-corrected chi connectivity index (χ0v) is 9.17. The van der Waals surface area contributed by atoms with Gasteiger partial charge in [-0.1, -0.05) is 41.1 Å². The highest BCUT2D eigenvalue weighted by Crippen LogP contribution is 2.04. The molecule has 3 heteroatoms. The summed E-state index contributed by atoms with van der Waals surface area (Å²) in [7, 11) is 0. The van der Waals surface area contributed by atoms with Crippen LogP contribution in [0.2, 0.25) is 0 Å².